The number of amides is 3. The van der Waals surface area contributed by atoms with Crippen LogP contribution in [0, 0.1) is 0 Å². The number of benzene rings is 2. The molecule has 1 fully saturated rings. The monoisotopic (exact) mass is 425 g/mol. The average molecular weight is 426 g/mol. The van der Waals surface area contributed by atoms with Gasteiger partial charge in [0, 0.05) is 24.3 Å². The summed E-state index contributed by atoms with van der Waals surface area (Å²) < 4.78 is 5.11. The van der Waals surface area contributed by atoms with Crippen LogP contribution in [0.5, 0.6) is 5.75 Å². The van der Waals surface area contributed by atoms with Gasteiger partial charge < -0.3 is 15.0 Å². The van der Waals surface area contributed by atoms with E-state index >= 15 is 0 Å². The van der Waals surface area contributed by atoms with Crippen LogP contribution in [-0.4, -0.2) is 42.8 Å². The molecule has 2 aromatic carbocycles. The lowest BCUT2D eigenvalue weighted by atomic mass is 10.1. The van der Waals surface area contributed by atoms with Crippen LogP contribution in [0.2, 0.25) is 0 Å². The van der Waals surface area contributed by atoms with Crippen LogP contribution < -0.4 is 15.0 Å². The Hall–Kier alpha value is -3.32. The third-order valence-corrected chi connectivity index (χ3v) is 5.48. The van der Waals surface area contributed by atoms with Crippen molar-refractivity contribution in [2.45, 2.75) is 12.8 Å². The highest BCUT2D eigenvalue weighted by Gasteiger charge is 2.39. The lowest BCUT2D eigenvalue weighted by Gasteiger charge is -2.17. The van der Waals surface area contributed by atoms with Crippen LogP contribution in [0.1, 0.15) is 23.2 Å². The number of anilines is 2. The second-order valence-corrected chi connectivity index (χ2v) is 7.42. The second kappa shape index (κ2) is 8.20. The smallest absolute Gasteiger partial charge is 0.283 e. The topological polar surface area (TPSA) is 79.0 Å². The largest absolute Gasteiger partial charge is 0.497 e. The molecule has 0 aromatic heterocycles. The van der Waals surface area contributed by atoms with E-state index < -0.39 is 11.8 Å². The maximum atomic E-state index is 12.9. The van der Waals surface area contributed by atoms with Gasteiger partial charge in [-0.25, -0.2) is 4.90 Å². The maximum absolute atomic E-state index is 12.9. The fraction of sp³-hybridized carbons (Fsp3) is 0.227. The molecule has 0 radical (unpaired) electrons. The van der Waals surface area contributed by atoms with Crippen molar-refractivity contribution >= 4 is 40.7 Å². The van der Waals surface area contributed by atoms with Gasteiger partial charge in [-0.1, -0.05) is 17.7 Å². The number of methoxy groups -OCH3 is 1. The van der Waals surface area contributed by atoms with Gasteiger partial charge in [-0.3, -0.25) is 14.4 Å². The molecule has 2 heterocycles. The van der Waals surface area contributed by atoms with E-state index in [9.17, 15) is 14.4 Å². The quantitative estimate of drug-likeness (QED) is 0.743. The Morgan fingerprint density at radius 3 is 2.40 bits per heavy atom. The lowest BCUT2D eigenvalue weighted by Crippen LogP contribution is -2.32. The molecular formula is C22H20ClN3O4. The first-order chi connectivity index (χ1) is 14.5. The molecule has 0 bridgehead atoms. The number of ether oxygens (including phenoxy) is 1. The van der Waals surface area contributed by atoms with Gasteiger partial charge in [0.25, 0.3) is 17.7 Å². The molecule has 2 aliphatic rings. The van der Waals surface area contributed by atoms with E-state index in [1.807, 2.05) is 0 Å². The van der Waals surface area contributed by atoms with Gasteiger partial charge in [0.05, 0.1) is 12.8 Å². The zero-order chi connectivity index (χ0) is 21.3. The van der Waals surface area contributed by atoms with Gasteiger partial charge in [-0.2, -0.15) is 0 Å². The van der Waals surface area contributed by atoms with E-state index in [-0.39, 0.29) is 16.6 Å². The van der Waals surface area contributed by atoms with E-state index in [2.05, 4.69) is 5.32 Å². The molecule has 30 heavy (non-hydrogen) atoms. The Labute approximate surface area is 178 Å². The van der Waals surface area contributed by atoms with Gasteiger partial charge in [0.15, 0.2) is 0 Å². The number of imide groups is 1. The number of nitrogens with zero attached hydrogens (tertiary/aromatic N) is 2. The first kappa shape index (κ1) is 20.0. The number of halogens is 1. The lowest BCUT2D eigenvalue weighted by molar-refractivity contribution is -0.120. The normalized spacial score (nSPS) is 16.5. The number of carbonyl (C=O) groups is 3. The van der Waals surface area contributed by atoms with Crippen LogP contribution in [0.15, 0.2) is 59.3 Å². The van der Waals surface area contributed by atoms with E-state index in [0.717, 1.165) is 30.8 Å². The minimum Gasteiger partial charge on any atom is -0.497 e. The van der Waals surface area contributed by atoms with Crippen molar-refractivity contribution in [3.63, 3.8) is 0 Å². The SMILES string of the molecule is COc1ccc(N2C(=O)C(Cl)=C(Nc3cccc(C(=O)N4CCCC4)c3)C2=O)cc1. The fourth-order valence-corrected chi connectivity index (χ4v) is 3.77. The number of hydrogen-bond acceptors (Lipinski definition) is 5. The van der Waals surface area contributed by atoms with Gasteiger partial charge in [0.1, 0.15) is 16.5 Å². The predicted molar refractivity (Wildman–Crippen MR) is 114 cm³/mol. The van der Waals surface area contributed by atoms with Crippen LogP contribution in [0.3, 0.4) is 0 Å². The van der Waals surface area contributed by atoms with Crippen molar-refractivity contribution in [1.29, 1.82) is 0 Å². The molecule has 1 N–H and O–H groups in total. The van der Waals surface area contributed by atoms with Crippen LogP contribution >= 0.6 is 11.6 Å². The Kier molecular flexibility index (Phi) is 5.46. The Morgan fingerprint density at radius 1 is 1.03 bits per heavy atom. The van der Waals surface area contributed by atoms with E-state index in [1.54, 1.807) is 53.4 Å². The third-order valence-electron chi connectivity index (χ3n) is 5.13. The van der Waals surface area contributed by atoms with Gasteiger partial charge in [0.2, 0.25) is 0 Å². The minimum absolute atomic E-state index is 0.0248. The molecule has 0 unspecified atom stereocenters. The Bertz CT molecular complexity index is 1040. The van der Waals surface area contributed by atoms with Gasteiger partial charge in [-0.15, -0.1) is 0 Å². The van der Waals surface area contributed by atoms with Crippen molar-refractivity contribution in [2.75, 3.05) is 30.4 Å². The number of likely N-dealkylation sites (tertiary alicyclic amines) is 1. The first-order valence-electron chi connectivity index (χ1n) is 9.58. The van der Waals surface area contributed by atoms with Crippen molar-refractivity contribution in [3.05, 3.63) is 64.8 Å². The van der Waals surface area contributed by atoms with E-state index in [0.29, 0.717) is 22.7 Å². The standard InChI is InChI=1S/C22H20ClN3O4/c1-30-17-9-7-16(8-10-17)26-21(28)18(23)19(22(26)29)24-15-6-4-5-14(13-15)20(27)25-11-2-3-12-25/h4-10,13,24H,2-3,11-12H2,1H3. The zero-order valence-electron chi connectivity index (χ0n) is 16.4. The fourth-order valence-electron chi connectivity index (χ4n) is 3.55. The molecule has 8 heteroatoms. The minimum atomic E-state index is -0.612. The highest BCUT2D eigenvalue weighted by molar-refractivity contribution is 6.53. The summed E-state index contributed by atoms with van der Waals surface area (Å²) in [7, 11) is 1.53. The highest BCUT2D eigenvalue weighted by atomic mass is 35.5. The molecule has 154 valence electrons. The number of rotatable bonds is 5. The van der Waals surface area contributed by atoms with Crippen molar-refractivity contribution in [2.24, 2.45) is 0 Å². The molecule has 2 aliphatic heterocycles. The molecule has 4 rings (SSSR count). The summed E-state index contributed by atoms with van der Waals surface area (Å²) in [5.41, 5.74) is 1.38. The molecule has 0 saturated carbocycles. The summed E-state index contributed by atoms with van der Waals surface area (Å²) >= 11 is 6.19. The molecular weight excluding hydrogens is 406 g/mol. The molecule has 1 saturated heterocycles. The number of carbonyl (C=O) groups excluding carboxylic acids is 3. The summed E-state index contributed by atoms with van der Waals surface area (Å²) in [6, 6.07) is 13.4. The first-order valence-corrected chi connectivity index (χ1v) is 9.96. The summed E-state index contributed by atoms with van der Waals surface area (Å²) in [4.78, 5) is 40.9. The van der Waals surface area contributed by atoms with Crippen LogP contribution in [0.4, 0.5) is 11.4 Å². The van der Waals surface area contributed by atoms with E-state index in [4.69, 9.17) is 16.3 Å². The van der Waals surface area contributed by atoms with Crippen LogP contribution in [-0.2, 0) is 9.59 Å². The van der Waals surface area contributed by atoms with Gasteiger partial charge in [-0.05, 0) is 55.3 Å². The molecule has 0 aliphatic carbocycles. The van der Waals surface area contributed by atoms with Gasteiger partial charge >= 0.3 is 0 Å². The highest BCUT2D eigenvalue weighted by Crippen LogP contribution is 2.31. The van der Waals surface area contributed by atoms with Crippen LogP contribution in [0.25, 0.3) is 0 Å². The third kappa shape index (κ3) is 3.64. The summed E-state index contributed by atoms with van der Waals surface area (Å²) in [6.07, 6.45) is 2.01. The summed E-state index contributed by atoms with van der Waals surface area (Å²) in [5.74, 6) is -0.621. The maximum Gasteiger partial charge on any atom is 0.283 e. The van der Waals surface area contributed by atoms with Crippen molar-refractivity contribution in [1.82, 2.24) is 4.90 Å². The number of hydrogen-bond donors (Lipinski definition) is 1. The molecule has 7 nitrogen and oxygen atoms in total. The molecule has 0 atom stereocenters. The predicted octanol–water partition coefficient (Wildman–Crippen LogP) is 3.37. The van der Waals surface area contributed by atoms with Crippen molar-refractivity contribution in [3.8, 4) is 5.75 Å². The Balaban J connectivity index is 1.55. The second-order valence-electron chi connectivity index (χ2n) is 7.04. The molecule has 0 spiro atoms. The molecule has 3 amide bonds. The molecule has 2 aromatic rings. The zero-order valence-corrected chi connectivity index (χ0v) is 17.1. The van der Waals surface area contributed by atoms with E-state index in [1.165, 1.54) is 7.11 Å². The Morgan fingerprint density at radius 2 is 1.73 bits per heavy atom. The number of nitrogens with one attached hydrogen (secondary N) is 1. The van der Waals surface area contributed by atoms with Crippen molar-refractivity contribution < 1.29 is 19.1 Å². The summed E-state index contributed by atoms with van der Waals surface area (Å²) in [5, 5.41) is 2.72. The summed E-state index contributed by atoms with van der Waals surface area (Å²) in [6.45, 7) is 1.49. The average Bonchev–Trinajstić information content (AvgIpc) is 3.38.